The van der Waals surface area contributed by atoms with E-state index in [2.05, 4.69) is 39.1 Å². The van der Waals surface area contributed by atoms with Crippen molar-refractivity contribution in [3.8, 4) is 11.3 Å². The van der Waals surface area contributed by atoms with Crippen molar-refractivity contribution >= 4 is 17.4 Å². The van der Waals surface area contributed by atoms with Crippen molar-refractivity contribution in [3.63, 3.8) is 0 Å². The van der Waals surface area contributed by atoms with E-state index >= 15 is 0 Å². The van der Waals surface area contributed by atoms with Crippen LogP contribution in [0.1, 0.15) is 62.3 Å². The number of rotatable bonds is 9. The van der Waals surface area contributed by atoms with Crippen LogP contribution in [0.2, 0.25) is 0 Å². The second-order valence-corrected chi connectivity index (χ2v) is 8.46. The molecule has 0 bridgehead atoms. The Kier molecular flexibility index (Phi) is 9.95. The van der Waals surface area contributed by atoms with Gasteiger partial charge in [0, 0.05) is 12.1 Å². The number of pyridine rings is 1. The van der Waals surface area contributed by atoms with Gasteiger partial charge < -0.3 is 5.32 Å². The first kappa shape index (κ1) is 28.8. The molecule has 0 aliphatic rings. The number of halogens is 3. The molecular formula is C28H33F3N6O. The van der Waals surface area contributed by atoms with E-state index in [0.29, 0.717) is 18.0 Å². The van der Waals surface area contributed by atoms with Gasteiger partial charge in [0.1, 0.15) is 5.82 Å². The Morgan fingerprint density at radius 2 is 1.71 bits per heavy atom. The van der Waals surface area contributed by atoms with Crippen molar-refractivity contribution in [1.82, 2.24) is 24.5 Å². The Hall–Kier alpha value is -3.79. The molecule has 1 aromatic carbocycles. The molecule has 0 fully saturated rings. The highest BCUT2D eigenvalue weighted by atomic mass is 19.4. The highest BCUT2D eigenvalue weighted by Crippen LogP contribution is 2.31. The quantitative estimate of drug-likeness (QED) is 0.262. The van der Waals surface area contributed by atoms with Crippen LogP contribution in [-0.4, -0.2) is 43.5 Å². The van der Waals surface area contributed by atoms with Crippen LogP contribution in [0.4, 0.5) is 19.0 Å². The van der Waals surface area contributed by atoms with Crippen LogP contribution < -0.4 is 5.32 Å². The predicted octanol–water partition coefficient (Wildman–Crippen LogP) is 6.71. The number of anilines is 1. The third kappa shape index (κ3) is 7.16. The molecule has 0 saturated carbocycles. The van der Waals surface area contributed by atoms with Gasteiger partial charge in [0.15, 0.2) is 11.3 Å². The van der Waals surface area contributed by atoms with Crippen molar-refractivity contribution in [3.05, 3.63) is 77.7 Å². The summed E-state index contributed by atoms with van der Waals surface area (Å²) in [5.74, 6) is -0.0748. The summed E-state index contributed by atoms with van der Waals surface area (Å²) in [7, 11) is 0. The van der Waals surface area contributed by atoms with Crippen LogP contribution >= 0.6 is 0 Å². The molecule has 0 saturated heterocycles. The first-order chi connectivity index (χ1) is 18.3. The molecule has 0 atom stereocenters. The summed E-state index contributed by atoms with van der Waals surface area (Å²) in [6, 6.07) is 13.5. The number of hydrogen-bond acceptors (Lipinski definition) is 5. The summed E-state index contributed by atoms with van der Waals surface area (Å²) in [5, 5.41) is 7.17. The second-order valence-electron chi connectivity index (χ2n) is 8.46. The molecule has 0 radical (unpaired) electrons. The first-order valence-electron chi connectivity index (χ1n) is 12.8. The zero-order valence-electron chi connectivity index (χ0n) is 22.1. The van der Waals surface area contributed by atoms with Gasteiger partial charge in [0.2, 0.25) is 0 Å². The van der Waals surface area contributed by atoms with Gasteiger partial charge in [0.25, 0.3) is 5.91 Å². The van der Waals surface area contributed by atoms with E-state index in [1.165, 1.54) is 22.8 Å². The number of benzene rings is 1. The lowest BCUT2D eigenvalue weighted by molar-refractivity contribution is -0.137. The molecule has 10 heteroatoms. The Balaban J connectivity index is 0.00000195. The fourth-order valence-electron chi connectivity index (χ4n) is 3.99. The average Bonchev–Trinajstić information content (AvgIpc) is 3.33. The van der Waals surface area contributed by atoms with Gasteiger partial charge in [-0.3, -0.25) is 9.69 Å². The molecule has 0 aliphatic heterocycles. The monoisotopic (exact) mass is 526 g/mol. The summed E-state index contributed by atoms with van der Waals surface area (Å²) in [5.41, 5.74) is 1.18. The summed E-state index contributed by atoms with van der Waals surface area (Å²) in [4.78, 5) is 24.1. The minimum Gasteiger partial charge on any atom is -0.305 e. The lowest BCUT2D eigenvalue weighted by Gasteiger charge is -2.20. The summed E-state index contributed by atoms with van der Waals surface area (Å²) in [6.45, 7) is 10.9. The average molecular weight is 527 g/mol. The van der Waals surface area contributed by atoms with E-state index in [9.17, 15) is 18.0 Å². The Bertz CT molecular complexity index is 1350. The first-order valence-corrected chi connectivity index (χ1v) is 12.8. The maximum absolute atomic E-state index is 13.1. The van der Waals surface area contributed by atoms with Gasteiger partial charge in [-0.1, -0.05) is 45.9 Å². The van der Waals surface area contributed by atoms with E-state index in [1.807, 2.05) is 26.0 Å². The Morgan fingerprint density at radius 1 is 1.00 bits per heavy atom. The van der Waals surface area contributed by atoms with E-state index in [1.54, 1.807) is 18.2 Å². The highest BCUT2D eigenvalue weighted by Gasteiger charge is 2.30. The molecule has 7 nitrogen and oxygen atoms in total. The minimum absolute atomic E-state index is 0.143. The molecule has 4 rings (SSSR count). The number of fused-ring (bicyclic) bond motifs is 1. The molecule has 3 aromatic heterocycles. The number of hydrogen-bond donors (Lipinski definition) is 1. The summed E-state index contributed by atoms with van der Waals surface area (Å²) < 4.78 is 40.7. The van der Waals surface area contributed by atoms with Crippen LogP contribution in [0.15, 0.2) is 60.8 Å². The van der Waals surface area contributed by atoms with Crippen LogP contribution in [-0.2, 0) is 12.7 Å². The smallest absolute Gasteiger partial charge is 0.305 e. The Labute approximate surface area is 220 Å². The van der Waals surface area contributed by atoms with Gasteiger partial charge in [0.05, 0.1) is 23.1 Å². The van der Waals surface area contributed by atoms with Crippen LogP contribution in [0.5, 0.6) is 0 Å². The van der Waals surface area contributed by atoms with Crippen LogP contribution in [0, 0.1) is 0 Å². The molecule has 1 N–H and O–H groups in total. The van der Waals surface area contributed by atoms with Gasteiger partial charge in [-0.15, -0.1) is 0 Å². The SMILES string of the molecule is CC.CCCN(CCC)Cc1cccc(NC(=O)c2cnc3ccc(-c4cccc(C(F)(F)F)c4)nn23)n1. The van der Waals surface area contributed by atoms with E-state index in [0.717, 1.165) is 43.8 Å². The minimum atomic E-state index is -4.47. The molecule has 4 aromatic rings. The Morgan fingerprint density at radius 3 is 2.39 bits per heavy atom. The molecule has 1 amide bonds. The number of alkyl halides is 3. The van der Waals surface area contributed by atoms with Crippen LogP contribution in [0.25, 0.3) is 16.9 Å². The van der Waals surface area contributed by atoms with Crippen molar-refractivity contribution in [2.24, 2.45) is 0 Å². The number of aromatic nitrogens is 4. The topological polar surface area (TPSA) is 75.4 Å². The van der Waals surface area contributed by atoms with Crippen molar-refractivity contribution < 1.29 is 18.0 Å². The van der Waals surface area contributed by atoms with Crippen LogP contribution in [0.3, 0.4) is 0 Å². The largest absolute Gasteiger partial charge is 0.416 e. The normalized spacial score (nSPS) is 11.4. The summed E-state index contributed by atoms with van der Waals surface area (Å²) in [6.07, 6.45) is -1.01. The number of amides is 1. The number of carbonyl (C=O) groups is 1. The third-order valence-corrected chi connectivity index (χ3v) is 5.59. The molecule has 0 aliphatic carbocycles. The zero-order valence-corrected chi connectivity index (χ0v) is 22.1. The van der Waals surface area contributed by atoms with Crippen molar-refractivity contribution in [2.75, 3.05) is 18.4 Å². The van der Waals surface area contributed by atoms with Gasteiger partial charge in [-0.05, 0) is 62.3 Å². The number of carbonyl (C=O) groups excluding carboxylic acids is 1. The van der Waals surface area contributed by atoms with Gasteiger partial charge >= 0.3 is 6.18 Å². The fourth-order valence-corrected chi connectivity index (χ4v) is 3.99. The van der Waals surface area contributed by atoms with E-state index in [-0.39, 0.29) is 17.0 Å². The van der Waals surface area contributed by atoms with E-state index in [4.69, 9.17) is 0 Å². The molecule has 0 spiro atoms. The fraction of sp³-hybridized carbons (Fsp3) is 0.357. The van der Waals surface area contributed by atoms with Gasteiger partial charge in [-0.2, -0.15) is 18.3 Å². The number of imidazole rings is 1. The van der Waals surface area contributed by atoms with Crippen molar-refractivity contribution in [2.45, 2.75) is 53.3 Å². The maximum atomic E-state index is 13.1. The van der Waals surface area contributed by atoms with E-state index < -0.39 is 17.6 Å². The molecular weight excluding hydrogens is 493 g/mol. The lowest BCUT2D eigenvalue weighted by Crippen LogP contribution is -2.25. The molecule has 3 heterocycles. The molecule has 38 heavy (non-hydrogen) atoms. The predicted molar refractivity (Wildman–Crippen MR) is 143 cm³/mol. The maximum Gasteiger partial charge on any atom is 0.416 e. The highest BCUT2D eigenvalue weighted by molar-refractivity contribution is 6.02. The molecule has 202 valence electrons. The number of nitrogens with one attached hydrogen (secondary N) is 1. The van der Waals surface area contributed by atoms with Gasteiger partial charge in [-0.25, -0.2) is 14.5 Å². The standard InChI is InChI=1S/C26H27F3N6O.C2H6/c1-3-13-34(14-4-2)17-20-9-6-10-23(31-20)32-25(36)22-16-30-24-12-11-21(33-35(22)24)18-7-5-8-19(15-18)26(27,28)29;1-2/h5-12,15-16H,3-4,13-14,17H2,1-2H3,(H,31,32,36);1-2H3. The zero-order chi connectivity index (χ0) is 27.7. The lowest BCUT2D eigenvalue weighted by atomic mass is 10.1. The second kappa shape index (κ2) is 13.1. The molecule has 0 unspecified atom stereocenters. The number of nitrogens with zero attached hydrogens (tertiary/aromatic N) is 5. The summed E-state index contributed by atoms with van der Waals surface area (Å²) >= 11 is 0. The van der Waals surface area contributed by atoms with Crippen molar-refractivity contribution in [1.29, 1.82) is 0 Å². The third-order valence-electron chi connectivity index (χ3n) is 5.59.